The van der Waals surface area contributed by atoms with E-state index < -0.39 is 71.8 Å². The van der Waals surface area contributed by atoms with Crippen LogP contribution in [0.2, 0.25) is 0 Å². The maximum atomic E-state index is 14.2. The molecule has 0 amide bonds. The summed E-state index contributed by atoms with van der Waals surface area (Å²) in [5, 5.41) is 0. The fourth-order valence-corrected chi connectivity index (χ4v) is 2.15. The molecule has 0 fully saturated rings. The molecular formula is C15H8F20O2. The van der Waals surface area contributed by atoms with Gasteiger partial charge in [0.25, 0.3) is 0 Å². The molecule has 0 N–H and O–H groups in total. The molecule has 0 spiro atoms. The van der Waals surface area contributed by atoms with Gasteiger partial charge in [0, 0.05) is 12.5 Å². The first-order chi connectivity index (χ1) is 15.8. The van der Waals surface area contributed by atoms with Crippen LogP contribution in [0.5, 0.6) is 0 Å². The van der Waals surface area contributed by atoms with E-state index >= 15 is 0 Å². The van der Waals surface area contributed by atoms with Gasteiger partial charge in [-0.2, -0.15) is 87.8 Å². The van der Waals surface area contributed by atoms with Crippen LogP contribution in [-0.4, -0.2) is 65.4 Å². The van der Waals surface area contributed by atoms with Gasteiger partial charge < -0.3 is 4.74 Å². The highest BCUT2D eigenvalue weighted by Gasteiger charge is 2.97. The summed E-state index contributed by atoms with van der Waals surface area (Å²) in [5.41, 5.74) is 0. The highest BCUT2D eigenvalue weighted by molar-refractivity contribution is 5.81. The van der Waals surface area contributed by atoms with Gasteiger partial charge in [-0.3, -0.25) is 0 Å². The van der Waals surface area contributed by atoms with Crippen molar-refractivity contribution in [1.82, 2.24) is 0 Å². The number of halogens is 20. The number of carbonyl (C=O) groups is 1. The molecule has 1 atom stereocenters. The largest absolute Gasteiger partial charge is 0.460 e. The summed E-state index contributed by atoms with van der Waals surface area (Å²) < 4.78 is 269. The van der Waals surface area contributed by atoms with Crippen molar-refractivity contribution in [3.63, 3.8) is 0 Å². The Labute approximate surface area is 190 Å². The highest BCUT2D eigenvalue weighted by Crippen LogP contribution is 2.66. The number of alkyl halides is 20. The van der Waals surface area contributed by atoms with Crippen LogP contribution < -0.4 is 0 Å². The van der Waals surface area contributed by atoms with Crippen molar-refractivity contribution >= 4 is 5.97 Å². The first kappa shape index (κ1) is 34.8. The van der Waals surface area contributed by atoms with Crippen molar-refractivity contribution in [2.75, 3.05) is 0 Å². The first-order valence-electron chi connectivity index (χ1n) is 8.40. The van der Waals surface area contributed by atoms with Gasteiger partial charge in [0.1, 0.15) is 0 Å². The van der Waals surface area contributed by atoms with Gasteiger partial charge >= 0.3 is 65.4 Å². The molecule has 0 saturated carbocycles. The zero-order chi connectivity index (χ0) is 30.7. The number of esters is 1. The van der Waals surface area contributed by atoms with Crippen LogP contribution in [0.15, 0.2) is 12.7 Å². The molecule has 0 rings (SSSR count). The quantitative estimate of drug-likeness (QED) is 0.140. The SMILES string of the molecule is C=CC(=O)OC(F)(CC)C(F)(F)C(F)(F)C(F)(F)C(F)(F)C(F)(F)C(F)(F)C(F)(F)C(F)(F)C(F)(F)F. The molecule has 0 aromatic carbocycles. The molecule has 0 aliphatic carbocycles. The lowest BCUT2D eigenvalue weighted by atomic mass is 9.85. The monoisotopic (exact) mass is 600 g/mol. The molecule has 0 saturated heterocycles. The van der Waals surface area contributed by atoms with Crippen molar-refractivity contribution in [1.29, 1.82) is 0 Å². The van der Waals surface area contributed by atoms with Crippen molar-refractivity contribution in [3.8, 4) is 0 Å². The van der Waals surface area contributed by atoms with E-state index in [1.54, 1.807) is 0 Å². The average molecular weight is 600 g/mol. The predicted octanol–water partition coefficient (Wildman–Crippen LogP) is 7.44. The van der Waals surface area contributed by atoms with Crippen LogP contribution >= 0.6 is 0 Å². The number of ether oxygens (including phenoxy) is 1. The third kappa shape index (κ3) is 4.34. The maximum absolute atomic E-state index is 14.2. The molecule has 0 radical (unpaired) electrons. The van der Waals surface area contributed by atoms with E-state index in [9.17, 15) is 92.6 Å². The van der Waals surface area contributed by atoms with E-state index in [1.807, 2.05) is 0 Å². The van der Waals surface area contributed by atoms with Gasteiger partial charge in [0.2, 0.25) is 0 Å². The Hall–Kier alpha value is -2.19. The van der Waals surface area contributed by atoms with Gasteiger partial charge in [-0.15, -0.1) is 0 Å². The van der Waals surface area contributed by atoms with Crippen molar-refractivity contribution in [3.05, 3.63) is 12.7 Å². The minimum Gasteiger partial charge on any atom is -0.418 e. The minimum atomic E-state index is -9.13. The standard InChI is InChI=1S/C15H8F20O2/c1-3-5(36)37-6(16,4-2)7(17,18)8(19,20)9(21,22)10(23,24)11(25,26)12(27,28)13(29,30)14(31,32)15(33,34)35/h3H,1,4H2,2H3. The summed E-state index contributed by atoms with van der Waals surface area (Å²) >= 11 is 0. The zero-order valence-electron chi connectivity index (χ0n) is 16.9. The summed E-state index contributed by atoms with van der Waals surface area (Å²) in [6, 6.07) is 0. The number of hydrogen-bond acceptors (Lipinski definition) is 2. The van der Waals surface area contributed by atoms with Crippen molar-refractivity contribution < 1.29 is 97.3 Å². The zero-order valence-corrected chi connectivity index (χ0v) is 16.9. The maximum Gasteiger partial charge on any atom is 0.460 e. The molecule has 0 aromatic rings. The Morgan fingerprint density at radius 2 is 0.784 bits per heavy atom. The number of carbonyl (C=O) groups excluding carboxylic acids is 1. The lowest BCUT2D eigenvalue weighted by Crippen LogP contribution is -2.77. The van der Waals surface area contributed by atoms with Crippen molar-refractivity contribution in [2.45, 2.75) is 72.8 Å². The van der Waals surface area contributed by atoms with Gasteiger partial charge in [0.15, 0.2) is 0 Å². The Kier molecular flexibility index (Phi) is 8.41. The van der Waals surface area contributed by atoms with E-state index in [-0.39, 0.29) is 13.0 Å². The number of rotatable bonds is 11. The van der Waals surface area contributed by atoms with Gasteiger partial charge in [0.05, 0.1) is 0 Å². The topological polar surface area (TPSA) is 26.3 Å². The molecule has 37 heavy (non-hydrogen) atoms. The van der Waals surface area contributed by atoms with Crippen LogP contribution in [0.25, 0.3) is 0 Å². The lowest BCUT2D eigenvalue weighted by Gasteiger charge is -2.45. The third-order valence-electron chi connectivity index (χ3n) is 4.47. The van der Waals surface area contributed by atoms with E-state index in [0.717, 1.165) is 0 Å². The van der Waals surface area contributed by atoms with Crippen LogP contribution in [0.3, 0.4) is 0 Å². The molecule has 0 heterocycles. The first-order valence-corrected chi connectivity index (χ1v) is 8.40. The second kappa shape index (κ2) is 8.94. The molecule has 0 aliphatic heterocycles. The Morgan fingerprint density at radius 3 is 1.00 bits per heavy atom. The fourth-order valence-electron chi connectivity index (χ4n) is 2.15. The second-order valence-corrected chi connectivity index (χ2v) is 6.80. The molecule has 1 unspecified atom stereocenters. The fraction of sp³-hybridized carbons (Fsp3) is 0.800. The van der Waals surface area contributed by atoms with E-state index in [0.29, 0.717) is 0 Å². The predicted molar refractivity (Wildman–Crippen MR) is 76.0 cm³/mol. The summed E-state index contributed by atoms with van der Waals surface area (Å²) in [7, 11) is 0. The highest BCUT2D eigenvalue weighted by atomic mass is 19.4. The molecule has 0 aromatic heterocycles. The summed E-state index contributed by atoms with van der Waals surface area (Å²) in [6.45, 7) is 2.34. The van der Waals surface area contributed by atoms with Gasteiger partial charge in [-0.25, -0.2) is 4.79 Å². The lowest BCUT2D eigenvalue weighted by molar-refractivity contribution is -0.476. The minimum absolute atomic E-state index is 0.0564. The Bertz CT molecular complexity index is 871. The van der Waals surface area contributed by atoms with E-state index in [4.69, 9.17) is 0 Å². The molecule has 0 aliphatic rings. The Balaban J connectivity index is 7.15. The summed E-state index contributed by atoms with van der Waals surface area (Å²) in [6.07, 6.45) is -10.7. The second-order valence-electron chi connectivity index (χ2n) is 6.80. The summed E-state index contributed by atoms with van der Waals surface area (Å²) in [5.74, 6) is -77.9. The van der Waals surface area contributed by atoms with Crippen molar-refractivity contribution in [2.24, 2.45) is 0 Å². The van der Waals surface area contributed by atoms with Crippen LogP contribution in [-0.2, 0) is 9.53 Å². The molecule has 2 nitrogen and oxygen atoms in total. The van der Waals surface area contributed by atoms with E-state index in [1.165, 1.54) is 0 Å². The summed E-state index contributed by atoms with van der Waals surface area (Å²) in [4.78, 5) is 10.8. The number of hydrogen-bond donors (Lipinski definition) is 0. The smallest absolute Gasteiger partial charge is 0.418 e. The normalized spacial score (nSPS) is 17.3. The molecule has 22 heteroatoms. The molecule has 0 bridgehead atoms. The van der Waals surface area contributed by atoms with Crippen LogP contribution in [0.1, 0.15) is 13.3 Å². The van der Waals surface area contributed by atoms with Gasteiger partial charge in [-0.05, 0) is 0 Å². The average Bonchev–Trinajstić information content (AvgIpc) is 2.71. The van der Waals surface area contributed by atoms with E-state index in [2.05, 4.69) is 11.3 Å². The van der Waals surface area contributed by atoms with Crippen LogP contribution in [0.4, 0.5) is 87.8 Å². The van der Waals surface area contributed by atoms with Gasteiger partial charge in [-0.1, -0.05) is 13.5 Å². The Morgan fingerprint density at radius 1 is 0.541 bits per heavy atom. The molecule has 220 valence electrons. The van der Waals surface area contributed by atoms with Crippen LogP contribution in [0, 0.1) is 0 Å². The molecular weight excluding hydrogens is 592 g/mol. The third-order valence-corrected chi connectivity index (χ3v) is 4.47.